The molecule has 3 rings (SSSR count). The van der Waals surface area contributed by atoms with Crippen molar-refractivity contribution in [3.63, 3.8) is 0 Å². The van der Waals surface area contributed by atoms with Gasteiger partial charge in [-0.05, 0) is 54.5 Å². The SMILES string of the molecule is CCOC(=O)[C@]1(O)C[C@H](OC(=O)/C=C/c2ccc(O)c(O)c2)[C@@H](OC(=O)/C=C/c2ccc(O)c(O)c2)[C@@H](O)C1. The molecule has 0 spiro atoms. The maximum absolute atomic E-state index is 12.6. The molecule has 1 aliphatic carbocycles. The Balaban J connectivity index is 1.78. The monoisotopic (exact) mass is 544 g/mol. The average molecular weight is 545 g/mol. The van der Waals surface area contributed by atoms with Crippen LogP contribution in [-0.2, 0) is 28.6 Å². The summed E-state index contributed by atoms with van der Waals surface area (Å²) >= 11 is 0. The molecule has 12 heteroatoms. The summed E-state index contributed by atoms with van der Waals surface area (Å²) < 4.78 is 15.5. The van der Waals surface area contributed by atoms with Gasteiger partial charge in [-0.2, -0.15) is 0 Å². The first-order chi connectivity index (χ1) is 18.4. The number of benzene rings is 2. The number of hydrogen-bond acceptors (Lipinski definition) is 12. The van der Waals surface area contributed by atoms with Crippen LogP contribution in [0.2, 0.25) is 0 Å². The van der Waals surface area contributed by atoms with Gasteiger partial charge in [-0.3, -0.25) is 0 Å². The summed E-state index contributed by atoms with van der Waals surface area (Å²) in [6, 6.07) is 7.63. The first kappa shape index (κ1) is 29.0. The van der Waals surface area contributed by atoms with Crippen LogP contribution in [0.1, 0.15) is 30.9 Å². The summed E-state index contributed by atoms with van der Waals surface area (Å²) in [6.07, 6.45) is -1.21. The van der Waals surface area contributed by atoms with E-state index in [0.29, 0.717) is 11.1 Å². The smallest absolute Gasteiger partial charge is 0.338 e. The third kappa shape index (κ3) is 7.49. The van der Waals surface area contributed by atoms with E-state index in [-0.39, 0.29) is 18.1 Å². The van der Waals surface area contributed by atoms with Crippen LogP contribution in [0.5, 0.6) is 23.0 Å². The number of ether oxygens (including phenoxy) is 3. The van der Waals surface area contributed by atoms with Crippen molar-refractivity contribution in [3.8, 4) is 23.0 Å². The fraction of sp³-hybridized carbons (Fsp3) is 0.296. The van der Waals surface area contributed by atoms with Crippen molar-refractivity contribution in [1.29, 1.82) is 0 Å². The second-order valence-corrected chi connectivity index (χ2v) is 8.77. The van der Waals surface area contributed by atoms with Crippen molar-refractivity contribution in [2.45, 2.75) is 43.7 Å². The molecule has 0 aromatic heterocycles. The zero-order chi connectivity index (χ0) is 28.7. The molecule has 0 aliphatic heterocycles. The standard InChI is InChI=1S/C27H28O12/c1-2-37-26(35)27(36)13-21(32)25(39-24(34)10-6-16-4-8-18(29)20(31)12-16)22(14-27)38-23(33)9-5-15-3-7-17(28)19(30)11-15/h3-12,21-22,25,28-32,36H,2,13-14H2,1H3/b9-5+,10-6+/t21-,22-,25-,27+/m0/s1. The Kier molecular flexibility index (Phi) is 9.17. The van der Waals surface area contributed by atoms with Crippen LogP contribution in [0.15, 0.2) is 48.6 Å². The Morgan fingerprint density at radius 2 is 1.36 bits per heavy atom. The molecule has 2 aromatic rings. The van der Waals surface area contributed by atoms with E-state index in [2.05, 4.69) is 0 Å². The lowest BCUT2D eigenvalue weighted by molar-refractivity contribution is -0.207. The van der Waals surface area contributed by atoms with E-state index in [4.69, 9.17) is 14.2 Å². The lowest BCUT2D eigenvalue weighted by Gasteiger charge is -2.41. The molecule has 0 heterocycles. The molecular formula is C27H28O12. The number of hydrogen-bond donors (Lipinski definition) is 6. The van der Waals surface area contributed by atoms with E-state index in [0.717, 1.165) is 12.2 Å². The fourth-order valence-electron chi connectivity index (χ4n) is 3.92. The second-order valence-electron chi connectivity index (χ2n) is 8.77. The summed E-state index contributed by atoms with van der Waals surface area (Å²) in [5, 5.41) is 59.5. The number of phenols is 4. The predicted octanol–water partition coefficient (Wildman–Crippen LogP) is 1.51. The summed E-state index contributed by atoms with van der Waals surface area (Å²) in [5.74, 6) is -4.53. The highest BCUT2D eigenvalue weighted by Gasteiger charge is 2.53. The van der Waals surface area contributed by atoms with Crippen LogP contribution in [0, 0.1) is 0 Å². The number of aliphatic hydroxyl groups is 2. The van der Waals surface area contributed by atoms with Crippen LogP contribution in [-0.4, -0.2) is 79.1 Å². The minimum Gasteiger partial charge on any atom is -0.504 e. The lowest BCUT2D eigenvalue weighted by atomic mass is 9.79. The third-order valence-corrected chi connectivity index (χ3v) is 5.83. The van der Waals surface area contributed by atoms with E-state index < -0.39 is 66.2 Å². The van der Waals surface area contributed by atoms with E-state index in [9.17, 15) is 45.0 Å². The first-order valence-electron chi connectivity index (χ1n) is 11.8. The van der Waals surface area contributed by atoms with Crippen molar-refractivity contribution in [1.82, 2.24) is 0 Å². The molecule has 0 unspecified atom stereocenters. The normalized spacial score (nSPS) is 23.0. The molecule has 1 saturated carbocycles. The van der Waals surface area contributed by atoms with Gasteiger partial charge < -0.3 is 44.8 Å². The molecule has 0 saturated heterocycles. The van der Waals surface area contributed by atoms with Crippen LogP contribution in [0.4, 0.5) is 0 Å². The number of phenolic OH excluding ortho intramolecular Hbond substituents is 4. The van der Waals surface area contributed by atoms with Crippen molar-refractivity contribution < 1.29 is 59.2 Å². The minimum absolute atomic E-state index is 0.0556. The topological polar surface area (TPSA) is 200 Å². The highest BCUT2D eigenvalue weighted by atomic mass is 16.6. The first-order valence-corrected chi connectivity index (χ1v) is 11.8. The van der Waals surface area contributed by atoms with Gasteiger partial charge >= 0.3 is 17.9 Å². The molecule has 208 valence electrons. The van der Waals surface area contributed by atoms with Crippen LogP contribution < -0.4 is 0 Å². The zero-order valence-electron chi connectivity index (χ0n) is 20.8. The summed E-state index contributed by atoms with van der Waals surface area (Å²) in [5.41, 5.74) is -1.55. The lowest BCUT2D eigenvalue weighted by Crippen LogP contribution is -2.58. The van der Waals surface area contributed by atoms with Crippen molar-refractivity contribution in [3.05, 3.63) is 59.7 Å². The molecule has 39 heavy (non-hydrogen) atoms. The maximum Gasteiger partial charge on any atom is 0.338 e. The molecule has 6 N–H and O–H groups in total. The number of aliphatic hydroxyl groups excluding tert-OH is 1. The number of rotatable bonds is 8. The molecule has 0 radical (unpaired) electrons. The molecular weight excluding hydrogens is 516 g/mol. The minimum atomic E-state index is -2.23. The number of aromatic hydroxyl groups is 4. The van der Waals surface area contributed by atoms with Gasteiger partial charge in [0.15, 0.2) is 34.7 Å². The van der Waals surface area contributed by atoms with Crippen molar-refractivity contribution in [2.75, 3.05) is 6.61 Å². The molecule has 12 nitrogen and oxygen atoms in total. The Morgan fingerprint density at radius 3 is 1.85 bits per heavy atom. The van der Waals surface area contributed by atoms with Gasteiger partial charge in [-0.1, -0.05) is 12.1 Å². The van der Waals surface area contributed by atoms with Gasteiger partial charge in [0, 0.05) is 25.0 Å². The average Bonchev–Trinajstić information content (AvgIpc) is 2.87. The van der Waals surface area contributed by atoms with E-state index >= 15 is 0 Å². The fourth-order valence-corrected chi connectivity index (χ4v) is 3.92. The Hall–Kier alpha value is -4.55. The van der Waals surface area contributed by atoms with Gasteiger partial charge in [0.1, 0.15) is 6.10 Å². The Morgan fingerprint density at radius 1 is 0.846 bits per heavy atom. The second kappa shape index (κ2) is 12.3. The van der Waals surface area contributed by atoms with Crippen LogP contribution in [0.3, 0.4) is 0 Å². The van der Waals surface area contributed by atoms with Gasteiger partial charge in [0.2, 0.25) is 0 Å². The predicted molar refractivity (Wildman–Crippen MR) is 134 cm³/mol. The van der Waals surface area contributed by atoms with Gasteiger partial charge in [0.05, 0.1) is 12.7 Å². The molecule has 2 aromatic carbocycles. The molecule has 1 aliphatic rings. The molecule has 0 amide bonds. The number of carbonyl (C=O) groups is 3. The van der Waals surface area contributed by atoms with Crippen LogP contribution >= 0.6 is 0 Å². The highest BCUT2D eigenvalue weighted by Crippen LogP contribution is 2.34. The highest BCUT2D eigenvalue weighted by molar-refractivity contribution is 5.88. The number of carbonyl (C=O) groups excluding carboxylic acids is 3. The molecule has 0 bridgehead atoms. The quantitative estimate of drug-likeness (QED) is 0.121. The van der Waals surface area contributed by atoms with Crippen LogP contribution in [0.25, 0.3) is 12.2 Å². The summed E-state index contributed by atoms with van der Waals surface area (Å²) in [4.78, 5) is 37.4. The van der Waals surface area contributed by atoms with Gasteiger partial charge in [0.25, 0.3) is 0 Å². The number of esters is 3. The zero-order valence-corrected chi connectivity index (χ0v) is 20.8. The van der Waals surface area contributed by atoms with E-state index in [1.807, 2.05) is 0 Å². The largest absolute Gasteiger partial charge is 0.504 e. The molecule has 1 fully saturated rings. The third-order valence-electron chi connectivity index (χ3n) is 5.83. The summed E-state index contributed by atoms with van der Waals surface area (Å²) in [6.45, 7) is 1.47. The van der Waals surface area contributed by atoms with Crippen molar-refractivity contribution in [2.24, 2.45) is 0 Å². The maximum atomic E-state index is 12.6. The Labute approximate surface area is 222 Å². The summed E-state index contributed by atoms with van der Waals surface area (Å²) in [7, 11) is 0. The van der Waals surface area contributed by atoms with E-state index in [1.54, 1.807) is 0 Å². The van der Waals surface area contributed by atoms with Gasteiger partial charge in [-0.25, -0.2) is 14.4 Å². The van der Waals surface area contributed by atoms with E-state index in [1.165, 1.54) is 55.5 Å². The van der Waals surface area contributed by atoms with Crippen molar-refractivity contribution >= 4 is 30.1 Å². The Bertz CT molecular complexity index is 1280. The van der Waals surface area contributed by atoms with Gasteiger partial charge in [-0.15, -0.1) is 0 Å². The molecule has 4 atom stereocenters.